The average molecular weight is 269 g/mol. The van der Waals surface area contributed by atoms with Crippen LogP contribution in [0.25, 0.3) is 0 Å². The third-order valence-electron chi connectivity index (χ3n) is 1.70. The molecule has 0 aliphatic rings. The number of hydrogen-bond donors (Lipinski definition) is 1. The van der Waals surface area contributed by atoms with Gasteiger partial charge >= 0.3 is 6.01 Å². The number of rotatable bonds is 2. The molecule has 2 rings (SSSR count). The lowest BCUT2D eigenvalue weighted by Gasteiger charge is -1.95. The van der Waals surface area contributed by atoms with Gasteiger partial charge in [-0.15, -0.1) is 5.10 Å². The van der Waals surface area contributed by atoms with Crippen molar-refractivity contribution >= 4 is 6.01 Å². The van der Waals surface area contributed by atoms with Gasteiger partial charge in [0.15, 0.2) is 5.82 Å². The summed E-state index contributed by atoms with van der Waals surface area (Å²) in [6.07, 6.45) is 0.900. The van der Waals surface area contributed by atoms with Gasteiger partial charge in [-0.3, -0.25) is 0 Å². The van der Waals surface area contributed by atoms with E-state index in [2.05, 4.69) is 38.6 Å². The molecule has 0 amide bonds. The summed E-state index contributed by atoms with van der Waals surface area (Å²) < 4.78 is 9.44. The zero-order valence-electron chi connectivity index (χ0n) is 12.5. The Hall–Kier alpha value is -1.92. The molecule has 7 heteroatoms. The molecule has 0 radical (unpaired) electrons. The molecular weight excluding hydrogens is 246 g/mol. The highest BCUT2D eigenvalue weighted by Crippen LogP contribution is 2.03. The molecule has 0 aliphatic carbocycles. The van der Waals surface area contributed by atoms with E-state index in [9.17, 15) is 0 Å². The second-order valence-electron chi connectivity index (χ2n) is 3.99. The van der Waals surface area contributed by atoms with Crippen LogP contribution < -0.4 is 5.73 Å². The van der Waals surface area contributed by atoms with Crippen LogP contribution in [0.15, 0.2) is 8.94 Å². The summed E-state index contributed by atoms with van der Waals surface area (Å²) >= 11 is 0. The Morgan fingerprint density at radius 3 is 2.00 bits per heavy atom. The van der Waals surface area contributed by atoms with Gasteiger partial charge in [0.2, 0.25) is 11.8 Å². The van der Waals surface area contributed by atoms with Crippen LogP contribution in [0.2, 0.25) is 0 Å². The number of nitrogens with zero attached hydrogens (tertiary/aromatic N) is 4. The lowest BCUT2D eigenvalue weighted by atomic mass is 10.1. The Labute approximate surface area is 113 Å². The van der Waals surface area contributed by atoms with Crippen molar-refractivity contribution in [2.75, 3.05) is 5.73 Å². The van der Waals surface area contributed by atoms with Gasteiger partial charge in [0.1, 0.15) is 0 Å². The van der Waals surface area contributed by atoms with Crippen molar-refractivity contribution in [2.24, 2.45) is 5.92 Å². The molecule has 0 bridgehead atoms. The Balaban J connectivity index is 0.000000316. The first-order chi connectivity index (χ1) is 8.97. The quantitative estimate of drug-likeness (QED) is 0.893. The van der Waals surface area contributed by atoms with Gasteiger partial charge in [-0.25, -0.2) is 0 Å². The number of nitrogens with two attached hydrogens (primary N) is 1. The molecule has 2 heterocycles. The number of anilines is 1. The van der Waals surface area contributed by atoms with Gasteiger partial charge in [-0.2, -0.15) is 4.98 Å². The smallest absolute Gasteiger partial charge is 0.312 e. The van der Waals surface area contributed by atoms with Crippen LogP contribution >= 0.6 is 0 Å². The number of aryl methyl sites for hydroxylation is 2. The second kappa shape index (κ2) is 9.07. The molecule has 2 aromatic heterocycles. The minimum atomic E-state index is 0.123. The molecule has 0 aromatic carbocycles. The summed E-state index contributed by atoms with van der Waals surface area (Å²) in [7, 11) is 0. The largest absolute Gasteiger partial charge is 0.409 e. The summed E-state index contributed by atoms with van der Waals surface area (Å²) in [6.45, 7) is 11.7. The SMILES string of the molecule is CC.Cc1nc(CC(C)C)no1.Cc1nnc(N)o1. The first kappa shape index (κ1) is 17.1. The van der Waals surface area contributed by atoms with Crippen molar-refractivity contribution in [3.8, 4) is 0 Å². The monoisotopic (exact) mass is 269 g/mol. The molecule has 0 atom stereocenters. The van der Waals surface area contributed by atoms with E-state index in [-0.39, 0.29) is 6.01 Å². The minimum absolute atomic E-state index is 0.123. The van der Waals surface area contributed by atoms with Gasteiger partial charge in [-0.05, 0) is 5.92 Å². The second-order valence-corrected chi connectivity index (χ2v) is 3.99. The highest BCUT2D eigenvalue weighted by Gasteiger charge is 2.03. The van der Waals surface area contributed by atoms with E-state index in [0.717, 1.165) is 12.2 Å². The highest BCUT2D eigenvalue weighted by atomic mass is 16.5. The molecule has 0 spiro atoms. The molecule has 19 heavy (non-hydrogen) atoms. The topological polar surface area (TPSA) is 104 Å². The summed E-state index contributed by atoms with van der Waals surface area (Å²) in [5.74, 6) is 2.55. The normalized spacial score (nSPS) is 9.42. The van der Waals surface area contributed by atoms with Crippen LogP contribution in [0, 0.1) is 19.8 Å². The molecule has 0 saturated carbocycles. The fourth-order valence-corrected chi connectivity index (χ4v) is 1.10. The molecule has 2 aromatic rings. The van der Waals surface area contributed by atoms with Crippen LogP contribution in [-0.4, -0.2) is 20.3 Å². The average Bonchev–Trinajstić information content (AvgIpc) is 2.91. The van der Waals surface area contributed by atoms with Crippen LogP contribution in [0.4, 0.5) is 6.01 Å². The highest BCUT2D eigenvalue weighted by molar-refractivity contribution is 5.03. The van der Waals surface area contributed by atoms with Crippen molar-refractivity contribution in [2.45, 2.75) is 48.0 Å². The maximum Gasteiger partial charge on any atom is 0.312 e. The third kappa shape index (κ3) is 7.91. The summed E-state index contributed by atoms with van der Waals surface area (Å²) in [6, 6.07) is 0.123. The van der Waals surface area contributed by atoms with Crippen LogP contribution in [0.1, 0.15) is 45.3 Å². The Morgan fingerprint density at radius 1 is 1.11 bits per heavy atom. The van der Waals surface area contributed by atoms with Crippen molar-refractivity contribution in [3.63, 3.8) is 0 Å². The fraction of sp³-hybridized carbons (Fsp3) is 0.667. The third-order valence-corrected chi connectivity index (χ3v) is 1.70. The van der Waals surface area contributed by atoms with Gasteiger partial charge in [-0.1, -0.05) is 38.0 Å². The summed E-state index contributed by atoms with van der Waals surface area (Å²) in [5.41, 5.74) is 5.04. The van der Waals surface area contributed by atoms with Crippen molar-refractivity contribution < 1.29 is 8.94 Å². The molecule has 0 fully saturated rings. The molecule has 0 saturated heterocycles. The lowest BCUT2D eigenvalue weighted by Crippen LogP contribution is -1.95. The zero-order valence-corrected chi connectivity index (χ0v) is 12.5. The van der Waals surface area contributed by atoms with Gasteiger partial charge in [0.05, 0.1) is 0 Å². The van der Waals surface area contributed by atoms with Crippen LogP contribution in [0.3, 0.4) is 0 Å². The summed E-state index contributed by atoms with van der Waals surface area (Å²) in [4.78, 5) is 4.07. The maximum atomic E-state index is 5.04. The predicted molar refractivity (Wildman–Crippen MR) is 72.4 cm³/mol. The molecule has 2 N–H and O–H groups in total. The minimum Gasteiger partial charge on any atom is -0.409 e. The van der Waals surface area contributed by atoms with Crippen molar-refractivity contribution in [1.82, 2.24) is 20.3 Å². The zero-order chi connectivity index (χ0) is 14.8. The number of aromatic nitrogens is 4. The first-order valence-corrected chi connectivity index (χ1v) is 6.32. The Bertz CT molecular complexity index is 434. The molecule has 108 valence electrons. The van der Waals surface area contributed by atoms with Crippen LogP contribution in [0.5, 0.6) is 0 Å². The first-order valence-electron chi connectivity index (χ1n) is 6.32. The molecule has 0 unspecified atom stereocenters. The van der Waals surface area contributed by atoms with Gasteiger partial charge in [0, 0.05) is 20.3 Å². The van der Waals surface area contributed by atoms with Gasteiger partial charge in [0.25, 0.3) is 0 Å². The van der Waals surface area contributed by atoms with Crippen molar-refractivity contribution in [3.05, 3.63) is 17.6 Å². The van der Waals surface area contributed by atoms with E-state index < -0.39 is 0 Å². The maximum absolute atomic E-state index is 5.04. The lowest BCUT2D eigenvalue weighted by molar-refractivity contribution is 0.384. The van der Waals surface area contributed by atoms with E-state index >= 15 is 0 Å². The van der Waals surface area contributed by atoms with E-state index in [0.29, 0.717) is 17.7 Å². The Morgan fingerprint density at radius 2 is 1.74 bits per heavy atom. The Kier molecular flexibility index (Phi) is 8.15. The van der Waals surface area contributed by atoms with Crippen molar-refractivity contribution in [1.29, 1.82) is 0 Å². The fourth-order valence-electron chi connectivity index (χ4n) is 1.10. The predicted octanol–water partition coefficient (Wildman–Crippen LogP) is 2.56. The van der Waals surface area contributed by atoms with Crippen LogP contribution in [-0.2, 0) is 6.42 Å². The molecule has 7 nitrogen and oxygen atoms in total. The number of hydrogen-bond acceptors (Lipinski definition) is 7. The van der Waals surface area contributed by atoms with E-state index in [1.807, 2.05) is 13.8 Å². The summed E-state index contributed by atoms with van der Waals surface area (Å²) in [5, 5.41) is 10.6. The standard InChI is InChI=1S/C7H12N2O.C3H5N3O.C2H6/c1-5(2)4-7-8-6(3)10-9-7;1-2-5-6-3(4)7-2;1-2/h5H,4H2,1-3H3;1H3,(H2,4,6);1-2H3. The van der Waals surface area contributed by atoms with E-state index in [1.165, 1.54) is 0 Å². The van der Waals surface area contributed by atoms with E-state index in [4.69, 9.17) is 10.3 Å². The molecular formula is C12H23N5O2. The van der Waals surface area contributed by atoms with Gasteiger partial charge < -0.3 is 14.7 Å². The number of nitrogen functional groups attached to an aromatic ring is 1. The molecule has 0 aliphatic heterocycles. The van der Waals surface area contributed by atoms with E-state index in [1.54, 1.807) is 13.8 Å².